The molecule has 0 aromatic carbocycles. The Kier molecular flexibility index (Phi) is 5.52. The van der Waals surface area contributed by atoms with Gasteiger partial charge in [0.05, 0.1) is 0 Å². The quantitative estimate of drug-likeness (QED) is 0.557. The topological polar surface area (TPSA) is 29.1 Å². The molecule has 0 aromatic heterocycles. The molecular weight excluding hydrogens is 114 g/mol. The molecule has 54 valence electrons. The van der Waals surface area contributed by atoms with Gasteiger partial charge in [0.15, 0.2) is 0 Å². The lowest BCUT2D eigenvalue weighted by atomic mass is 10.1. The Bertz CT molecular complexity index is 73.3. The average molecular weight is 129 g/mol. The van der Waals surface area contributed by atoms with E-state index in [1.165, 1.54) is 0 Å². The van der Waals surface area contributed by atoms with Gasteiger partial charge < -0.3 is 10.1 Å². The highest BCUT2D eigenvalue weighted by atomic mass is 16.1. The van der Waals surface area contributed by atoms with Gasteiger partial charge in [-0.05, 0) is 25.9 Å². The van der Waals surface area contributed by atoms with Crippen molar-refractivity contribution in [1.29, 1.82) is 0 Å². The van der Waals surface area contributed by atoms with Crippen molar-refractivity contribution in [2.45, 2.75) is 19.8 Å². The first kappa shape index (κ1) is 8.63. The summed E-state index contributed by atoms with van der Waals surface area (Å²) in [4.78, 5) is 9.89. The second-order valence-electron chi connectivity index (χ2n) is 2.41. The lowest BCUT2D eigenvalue weighted by Crippen LogP contribution is -2.15. The van der Waals surface area contributed by atoms with Gasteiger partial charge in [0.25, 0.3) is 0 Å². The van der Waals surface area contributed by atoms with E-state index in [1.54, 1.807) is 0 Å². The monoisotopic (exact) mass is 129 g/mol. The lowest BCUT2D eigenvalue weighted by Gasteiger charge is -2.06. The summed E-state index contributed by atoms with van der Waals surface area (Å²) in [5.41, 5.74) is 0. The van der Waals surface area contributed by atoms with Crippen LogP contribution >= 0.6 is 0 Å². The molecule has 0 spiro atoms. The third-order valence-corrected chi connectivity index (χ3v) is 1.33. The van der Waals surface area contributed by atoms with E-state index in [2.05, 4.69) is 12.2 Å². The van der Waals surface area contributed by atoms with Crippen molar-refractivity contribution in [1.82, 2.24) is 5.32 Å². The average Bonchev–Trinajstić information content (AvgIpc) is 1.85. The van der Waals surface area contributed by atoms with E-state index in [9.17, 15) is 4.79 Å². The molecule has 2 nitrogen and oxygen atoms in total. The van der Waals surface area contributed by atoms with Crippen LogP contribution in [0.5, 0.6) is 0 Å². The molecule has 0 aliphatic carbocycles. The Labute approximate surface area is 56.6 Å². The molecule has 1 unspecified atom stereocenters. The molecule has 0 bridgehead atoms. The van der Waals surface area contributed by atoms with Crippen LogP contribution in [0.1, 0.15) is 19.8 Å². The van der Waals surface area contributed by atoms with Gasteiger partial charge in [-0.15, -0.1) is 0 Å². The summed E-state index contributed by atoms with van der Waals surface area (Å²) in [6.07, 6.45) is 2.68. The highest BCUT2D eigenvalue weighted by Gasteiger charge is 1.97. The summed E-state index contributed by atoms with van der Waals surface area (Å²) in [5.74, 6) is 0.625. The van der Waals surface area contributed by atoms with Crippen LogP contribution in [0, 0.1) is 5.92 Å². The van der Waals surface area contributed by atoms with Crippen LogP contribution in [0.25, 0.3) is 0 Å². The Hall–Kier alpha value is -0.370. The fraction of sp³-hybridized carbons (Fsp3) is 0.857. The molecule has 0 aliphatic rings. The van der Waals surface area contributed by atoms with Gasteiger partial charge >= 0.3 is 0 Å². The van der Waals surface area contributed by atoms with Crippen molar-refractivity contribution >= 4 is 6.29 Å². The van der Waals surface area contributed by atoms with Gasteiger partial charge in [-0.2, -0.15) is 0 Å². The normalized spacial score (nSPS) is 13.1. The van der Waals surface area contributed by atoms with Crippen molar-refractivity contribution < 1.29 is 4.79 Å². The Morgan fingerprint density at radius 3 is 2.78 bits per heavy atom. The van der Waals surface area contributed by atoms with Crippen molar-refractivity contribution in [3.8, 4) is 0 Å². The largest absolute Gasteiger partial charge is 0.319 e. The molecule has 9 heavy (non-hydrogen) atoms. The number of aldehydes is 1. The zero-order valence-corrected chi connectivity index (χ0v) is 6.18. The van der Waals surface area contributed by atoms with E-state index in [0.717, 1.165) is 19.3 Å². The van der Waals surface area contributed by atoms with Gasteiger partial charge in [-0.25, -0.2) is 0 Å². The van der Waals surface area contributed by atoms with E-state index < -0.39 is 0 Å². The molecule has 0 saturated carbocycles. The molecule has 0 aromatic rings. The van der Waals surface area contributed by atoms with Crippen LogP contribution < -0.4 is 5.32 Å². The molecule has 1 atom stereocenters. The number of hydrogen-bond acceptors (Lipinski definition) is 2. The second kappa shape index (κ2) is 5.76. The zero-order valence-electron chi connectivity index (χ0n) is 6.18. The van der Waals surface area contributed by atoms with E-state index >= 15 is 0 Å². The van der Waals surface area contributed by atoms with Crippen LogP contribution in [-0.2, 0) is 4.79 Å². The summed E-state index contributed by atoms with van der Waals surface area (Å²) in [6.45, 7) is 3.15. The first-order chi connectivity index (χ1) is 4.31. The van der Waals surface area contributed by atoms with E-state index in [0.29, 0.717) is 12.3 Å². The van der Waals surface area contributed by atoms with Crippen molar-refractivity contribution in [3.05, 3.63) is 0 Å². The highest BCUT2D eigenvalue weighted by molar-refractivity contribution is 5.49. The smallest absolute Gasteiger partial charge is 0.120 e. The summed E-state index contributed by atoms with van der Waals surface area (Å²) in [6, 6.07) is 0. The maximum absolute atomic E-state index is 9.89. The van der Waals surface area contributed by atoms with Crippen molar-refractivity contribution in [2.24, 2.45) is 5.92 Å². The number of hydrogen-bond donors (Lipinski definition) is 1. The number of rotatable bonds is 5. The minimum absolute atomic E-state index is 0.625. The molecule has 0 rings (SSSR count). The minimum atomic E-state index is 0.625. The van der Waals surface area contributed by atoms with E-state index in [1.807, 2.05) is 7.05 Å². The van der Waals surface area contributed by atoms with E-state index in [4.69, 9.17) is 0 Å². The lowest BCUT2D eigenvalue weighted by molar-refractivity contribution is -0.108. The van der Waals surface area contributed by atoms with Crippen LogP contribution in [0.3, 0.4) is 0 Å². The van der Waals surface area contributed by atoms with Gasteiger partial charge in [0.1, 0.15) is 6.29 Å². The SMILES string of the molecule is CNCC(C)CCC=O. The Morgan fingerprint density at radius 1 is 1.67 bits per heavy atom. The first-order valence-electron chi connectivity index (χ1n) is 3.39. The fourth-order valence-electron chi connectivity index (χ4n) is 0.803. The highest BCUT2D eigenvalue weighted by Crippen LogP contribution is 2.00. The maximum Gasteiger partial charge on any atom is 0.120 e. The van der Waals surface area contributed by atoms with Crippen molar-refractivity contribution in [3.63, 3.8) is 0 Å². The molecule has 0 saturated heterocycles. The minimum Gasteiger partial charge on any atom is -0.319 e. The van der Waals surface area contributed by atoms with Crippen LogP contribution in [0.2, 0.25) is 0 Å². The predicted octanol–water partition coefficient (Wildman–Crippen LogP) is 0.821. The maximum atomic E-state index is 9.89. The molecular formula is C7H15NO. The third kappa shape index (κ3) is 5.50. The van der Waals surface area contributed by atoms with Gasteiger partial charge in [0, 0.05) is 6.42 Å². The third-order valence-electron chi connectivity index (χ3n) is 1.33. The summed E-state index contributed by atoms with van der Waals surface area (Å²) in [5, 5.41) is 3.06. The predicted molar refractivity (Wildman–Crippen MR) is 38.4 cm³/mol. The Balaban J connectivity index is 3.04. The van der Waals surface area contributed by atoms with Gasteiger partial charge in [-0.1, -0.05) is 6.92 Å². The molecule has 0 fully saturated rings. The van der Waals surface area contributed by atoms with Crippen molar-refractivity contribution in [2.75, 3.05) is 13.6 Å². The molecule has 0 radical (unpaired) electrons. The molecule has 0 heterocycles. The van der Waals surface area contributed by atoms with Crippen LogP contribution in [0.15, 0.2) is 0 Å². The summed E-state index contributed by atoms with van der Waals surface area (Å²) in [7, 11) is 1.93. The molecule has 0 amide bonds. The fourth-order valence-corrected chi connectivity index (χ4v) is 0.803. The number of carbonyl (C=O) groups is 1. The Morgan fingerprint density at radius 2 is 2.33 bits per heavy atom. The first-order valence-corrected chi connectivity index (χ1v) is 3.39. The molecule has 1 N–H and O–H groups in total. The summed E-state index contributed by atoms with van der Waals surface area (Å²) >= 11 is 0. The van der Waals surface area contributed by atoms with Gasteiger partial charge in [-0.3, -0.25) is 0 Å². The van der Waals surface area contributed by atoms with E-state index in [-0.39, 0.29) is 0 Å². The number of nitrogens with one attached hydrogen (secondary N) is 1. The molecule has 0 aliphatic heterocycles. The zero-order chi connectivity index (χ0) is 7.11. The second-order valence-corrected chi connectivity index (χ2v) is 2.41. The number of carbonyl (C=O) groups excluding carboxylic acids is 1. The summed E-state index contributed by atoms with van der Waals surface area (Å²) < 4.78 is 0. The van der Waals surface area contributed by atoms with Gasteiger partial charge in [0.2, 0.25) is 0 Å². The van der Waals surface area contributed by atoms with Crippen LogP contribution in [0.4, 0.5) is 0 Å². The van der Waals surface area contributed by atoms with Crippen LogP contribution in [-0.4, -0.2) is 19.9 Å². The molecule has 2 heteroatoms. The standard InChI is InChI=1S/C7H15NO/c1-7(6-8-2)4-3-5-9/h5,7-8H,3-4,6H2,1-2H3.